The highest BCUT2D eigenvalue weighted by Gasteiger charge is 2.39. The second-order valence-electron chi connectivity index (χ2n) is 2.50. The first-order valence-corrected chi connectivity index (χ1v) is 3.41. The van der Waals surface area contributed by atoms with E-state index in [0.29, 0.717) is 0 Å². The molecule has 0 spiro atoms. The van der Waals surface area contributed by atoms with Crippen LogP contribution in [0, 0.1) is 5.82 Å². The molecule has 0 aliphatic rings. The van der Waals surface area contributed by atoms with Gasteiger partial charge in [0, 0.05) is 0 Å². The molecule has 1 atom stereocenters. The van der Waals surface area contributed by atoms with Crippen LogP contribution >= 0.6 is 0 Å². The summed E-state index contributed by atoms with van der Waals surface area (Å²) in [6.07, 6.45) is -7.26. The fourth-order valence-corrected chi connectivity index (χ4v) is 0.834. The van der Waals surface area contributed by atoms with Crippen LogP contribution < -0.4 is 0 Å². The Morgan fingerprint density at radius 3 is 1.92 bits per heavy atom. The van der Waals surface area contributed by atoms with E-state index in [-0.39, 0.29) is 5.56 Å². The van der Waals surface area contributed by atoms with Crippen molar-refractivity contribution < 1.29 is 22.7 Å². The highest BCUT2D eigenvalue weighted by molar-refractivity contribution is 5.19. The fourth-order valence-electron chi connectivity index (χ4n) is 0.834. The molecule has 5 heteroatoms. The van der Waals surface area contributed by atoms with Gasteiger partial charge in [-0.1, -0.05) is 12.1 Å². The van der Waals surface area contributed by atoms with E-state index >= 15 is 0 Å². The van der Waals surface area contributed by atoms with E-state index in [9.17, 15) is 17.6 Å². The summed E-state index contributed by atoms with van der Waals surface area (Å²) in [5, 5.41) is 8.70. The Balaban J connectivity index is 2.90. The molecule has 0 saturated heterocycles. The molecule has 0 saturated carbocycles. The van der Waals surface area contributed by atoms with Gasteiger partial charge < -0.3 is 5.11 Å². The third-order valence-corrected chi connectivity index (χ3v) is 1.50. The Hall–Kier alpha value is -1.10. The zero-order valence-corrected chi connectivity index (χ0v) is 6.35. The van der Waals surface area contributed by atoms with Crippen LogP contribution in [0.15, 0.2) is 24.3 Å². The lowest BCUT2D eigenvalue weighted by Gasteiger charge is -2.14. The van der Waals surface area contributed by atoms with Gasteiger partial charge >= 0.3 is 6.18 Å². The minimum atomic E-state index is -4.71. The number of halogens is 4. The fraction of sp³-hybridized carbons (Fsp3) is 0.250. The number of aliphatic hydroxyl groups is 1. The van der Waals surface area contributed by atoms with Crippen molar-refractivity contribution in [3.8, 4) is 0 Å². The summed E-state index contributed by atoms with van der Waals surface area (Å²) in [4.78, 5) is 0. The molecular formula is C8H6F4O. The number of rotatable bonds is 1. The van der Waals surface area contributed by atoms with Gasteiger partial charge in [-0.25, -0.2) is 4.39 Å². The SMILES string of the molecule is O[C@H](c1ccc(F)cc1)C(F)(F)F. The van der Waals surface area contributed by atoms with E-state index in [1.807, 2.05) is 0 Å². The van der Waals surface area contributed by atoms with E-state index in [0.717, 1.165) is 24.3 Å². The van der Waals surface area contributed by atoms with Gasteiger partial charge in [-0.05, 0) is 17.7 Å². The van der Waals surface area contributed by atoms with Crippen LogP contribution in [0.4, 0.5) is 17.6 Å². The summed E-state index contributed by atoms with van der Waals surface area (Å²) >= 11 is 0. The van der Waals surface area contributed by atoms with Gasteiger partial charge in [0.1, 0.15) is 5.82 Å². The molecule has 1 rings (SSSR count). The van der Waals surface area contributed by atoms with Crippen LogP contribution in [0.2, 0.25) is 0 Å². The van der Waals surface area contributed by atoms with Crippen LogP contribution in [0.25, 0.3) is 0 Å². The zero-order valence-electron chi connectivity index (χ0n) is 6.35. The van der Waals surface area contributed by atoms with Crippen molar-refractivity contribution in [2.75, 3.05) is 0 Å². The smallest absolute Gasteiger partial charge is 0.379 e. The molecule has 0 amide bonds. The lowest BCUT2D eigenvalue weighted by Crippen LogP contribution is -2.20. The van der Waals surface area contributed by atoms with E-state index in [1.165, 1.54) is 0 Å². The summed E-state index contributed by atoms with van der Waals surface area (Å²) < 4.78 is 48.0. The van der Waals surface area contributed by atoms with Crippen LogP contribution in [0.1, 0.15) is 11.7 Å². The maximum atomic E-state index is 12.3. The molecule has 0 heterocycles. The normalized spacial score (nSPS) is 14.2. The van der Waals surface area contributed by atoms with Gasteiger partial charge in [0.05, 0.1) is 0 Å². The van der Waals surface area contributed by atoms with Crippen molar-refractivity contribution >= 4 is 0 Å². The number of alkyl halides is 3. The predicted octanol–water partition coefficient (Wildman–Crippen LogP) is 2.42. The Morgan fingerprint density at radius 2 is 1.54 bits per heavy atom. The van der Waals surface area contributed by atoms with Crippen molar-refractivity contribution in [2.45, 2.75) is 12.3 Å². The van der Waals surface area contributed by atoms with Gasteiger partial charge in [0.25, 0.3) is 0 Å². The van der Waals surface area contributed by atoms with Gasteiger partial charge in [0.15, 0.2) is 6.10 Å². The number of benzene rings is 1. The Kier molecular flexibility index (Phi) is 2.56. The summed E-state index contributed by atoms with van der Waals surface area (Å²) in [5.41, 5.74) is -0.367. The summed E-state index contributed by atoms with van der Waals surface area (Å²) in [7, 11) is 0. The van der Waals surface area contributed by atoms with Crippen LogP contribution in [-0.4, -0.2) is 11.3 Å². The number of aliphatic hydroxyl groups excluding tert-OH is 1. The first-order valence-electron chi connectivity index (χ1n) is 3.41. The average molecular weight is 194 g/mol. The van der Waals surface area contributed by atoms with Crippen molar-refractivity contribution in [2.24, 2.45) is 0 Å². The monoisotopic (exact) mass is 194 g/mol. The molecule has 72 valence electrons. The predicted molar refractivity (Wildman–Crippen MR) is 37.4 cm³/mol. The largest absolute Gasteiger partial charge is 0.418 e. The Morgan fingerprint density at radius 1 is 1.08 bits per heavy atom. The molecule has 1 nitrogen and oxygen atoms in total. The molecule has 1 N–H and O–H groups in total. The standard InChI is InChI=1S/C8H6F4O/c9-6-3-1-5(2-4-6)7(13)8(10,11)12/h1-4,7,13H/t7-/m1/s1. The quantitative estimate of drug-likeness (QED) is 0.680. The molecule has 0 aliphatic heterocycles. The minimum absolute atomic E-state index is 0.367. The van der Waals surface area contributed by atoms with E-state index in [4.69, 9.17) is 5.11 Å². The second kappa shape index (κ2) is 3.33. The molecule has 0 bridgehead atoms. The van der Waals surface area contributed by atoms with Crippen molar-refractivity contribution in [3.63, 3.8) is 0 Å². The zero-order chi connectivity index (χ0) is 10.1. The molecule has 0 unspecified atom stereocenters. The second-order valence-corrected chi connectivity index (χ2v) is 2.50. The first-order chi connectivity index (χ1) is 5.91. The topological polar surface area (TPSA) is 20.2 Å². The maximum Gasteiger partial charge on any atom is 0.418 e. The van der Waals surface area contributed by atoms with Gasteiger partial charge in [-0.3, -0.25) is 0 Å². The molecular weight excluding hydrogens is 188 g/mol. The van der Waals surface area contributed by atoms with Gasteiger partial charge in [-0.2, -0.15) is 13.2 Å². The van der Waals surface area contributed by atoms with Gasteiger partial charge in [-0.15, -0.1) is 0 Å². The molecule has 1 aromatic carbocycles. The lowest BCUT2D eigenvalue weighted by molar-refractivity contribution is -0.206. The molecule has 13 heavy (non-hydrogen) atoms. The van der Waals surface area contributed by atoms with Crippen molar-refractivity contribution in [1.82, 2.24) is 0 Å². The molecule has 0 aliphatic carbocycles. The molecule has 0 aromatic heterocycles. The molecule has 1 aromatic rings. The van der Waals surface area contributed by atoms with Gasteiger partial charge in [0.2, 0.25) is 0 Å². The summed E-state index contributed by atoms with van der Waals surface area (Å²) in [6.45, 7) is 0. The lowest BCUT2D eigenvalue weighted by atomic mass is 10.1. The minimum Gasteiger partial charge on any atom is -0.379 e. The maximum absolute atomic E-state index is 12.3. The number of hydrogen-bond donors (Lipinski definition) is 1. The Labute approximate surface area is 71.6 Å². The van der Waals surface area contributed by atoms with Crippen LogP contribution in [-0.2, 0) is 0 Å². The highest BCUT2D eigenvalue weighted by Crippen LogP contribution is 2.32. The van der Waals surface area contributed by atoms with Crippen LogP contribution in [0.5, 0.6) is 0 Å². The van der Waals surface area contributed by atoms with E-state index < -0.39 is 18.1 Å². The first kappa shape index (κ1) is 9.98. The third kappa shape index (κ3) is 2.42. The summed E-state index contributed by atoms with van der Waals surface area (Å²) in [5.74, 6) is -0.641. The molecule has 0 fully saturated rings. The van der Waals surface area contributed by atoms with E-state index in [2.05, 4.69) is 0 Å². The van der Waals surface area contributed by atoms with Crippen molar-refractivity contribution in [3.05, 3.63) is 35.6 Å². The Bertz CT molecular complexity index is 277. The van der Waals surface area contributed by atoms with Crippen molar-refractivity contribution in [1.29, 1.82) is 0 Å². The number of hydrogen-bond acceptors (Lipinski definition) is 1. The molecule has 0 radical (unpaired) electrons. The average Bonchev–Trinajstić information content (AvgIpc) is 2.03. The summed E-state index contributed by atoms with van der Waals surface area (Å²) in [6, 6.07) is 3.52. The third-order valence-electron chi connectivity index (χ3n) is 1.50. The van der Waals surface area contributed by atoms with E-state index in [1.54, 1.807) is 0 Å². The van der Waals surface area contributed by atoms with Crippen LogP contribution in [0.3, 0.4) is 0 Å². The highest BCUT2D eigenvalue weighted by atomic mass is 19.4.